The number of pyridine rings is 1. The summed E-state index contributed by atoms with van der Waals surface area (Å²) in [6.45, 7) is 2.73. The van der Waals surface area contributed by atoms with Crippen molar-refractivity contribution < 1.29 is 9.53 Å². The van der Waals surface area contributed by atoms with Crippen LogP contribution in [0.4, 0.5) is 0 Å². The Morgan fingerprint density at radius 2 is 1.92 bits per heavy atom. The van der Waals surface area contributed by atoms with Gasteiger partial charge in [-0.2, -0.15) is 0 Å². The van der Waals surface area contributed by atoms with Crippen molar-refractivity contribution in [3.63, 3.8) is 0 Å². The van der Waals surface area contributed by atoms with Crippen LogP contribution in [-0.4, -0.2) is 22.1 Å². The van der Waals surface area contributed by atoms with Crippen LogP contribution in [0, 0.1) is 0 Å². The Hall–Kier alpha value is -1.59. The molecule has 1 aromatic carbocycles. The van der Waals surface area contributed by atoms with E-state index in [2.05, 4.69) is 38.8 Å². The molecular weight excluding hydrogens is 446 g/mol. The molecule has 3 rings (SSSR count). The van der Waals surface area contributed by atoms with Crippen LogP contribution in [0.3, 0.4) is 0 Å². The number of ether oxygens (including phenoxy) is 1. The van der Waals surface area contributed by atoms with Crippen LogP contribution in [0.15, 0.2) is 53.1 Å². The van der Waals surface area contributed by atoms with E-state index in [1.807, 2.05) is 53.1 Å². The lowest BCUT2D eigenvalue weighted by atomic mass is 10.0. The van der Waals surface area contributed by atoms with Crippen molar-refractivity contribution in [3.8, 4) is 5.75 Å². The standard InChI is InChI=1S/C20H19Br2NO2/c1-2-16-18(22)17-6-3-4-12-23(17)19(16)20(24)14-7-9-15(10-8-14)25-13-5-11-21/h3-4,6-10,12H,2,5,11,13H2,1H3. The number of fused-ring (bicyclic) bond motifs is 1. The molecule has 0 bridgehead atoms. The molecule has 0 aliphatic carbocycles. The first kappa shape index (κ1) is 18.2. The van der Waals surface area contributed by atoms with E-state index >= 15 is 0 Å². The number of carbonyl (C=O) groups is 1. The molecule has 25 heavy (non-hydrogen) atoms. The van der Waals surface area contributed by atoms with Crippen molar-refractivity contribution in [2.75, 3.05) is 11.9 Å². The lowest BCUT2D eigenvalue weighted by Gasteiger charge is -2.08. The maximum absolute atomic E-state index is 13.1. The Morgan fingerprint density at radius 3 is 2.60 bits per heavy atom. The smallest absolute Gasteiger partial charge is 0.210 e. The van der Waals surface area contributed by atoms with Gasteiger partial charge in [-0.1, -0.05) is 28.9 Å². The predicted molar refractivity (Wildman–Crippen MR) is 108 cm³/mol. The Balaban J connectivity index is 1.94. The van der Waals surface area contributed by atoms with Crippen molar-refractivity contribution in [2.45, 2.75) is 19.8 Å². The molecule has 0 unspecified atom stereocenters. The number of alkyl halides is 1. The second-order valence-corrected chi connectivity index (χ2v) is 7.28. The molecule has 2 aromatic heterocycles. The summed E-state index contributed by atoms with van der Waals surface area (Å²) in [6, 6.07) is 13.3. The molecule has 130 valence electrons. The van der Waals surface area contributed by atoms with Gasteiger partial charge in [-0.3, -0.25) is 4.79 Å². The first-order valence-corrected chi connectivity index (χ1v) is 10.2. The molecule has 0 saturated heterocycles. The molecular formula is C20H19Br2NO2. The Kier molecular flexibility index (Phi) is 5.97. The average Bonchev–Trinajstić information content (AvgIpc) is 2.94. The zero-order valence-electron chi connectivity index (χ0n) is 14.0. The topological polar surface area (TPSA) is 30.7 Å². The molecule has 0 aliphatic heterocycles. The van der Waals surface area contributed by atoms with Crippen LogP contribution in [-0.2, 0) is 6.42 Å². The fourth-order valence-corrected chi connectivity index (χ4v) is 3.89. The van der Waals surface area contributed by atoms with Gasteiger partial charge in [-0.05, 0) is 70.7 Å². The lowest BCUT2D eigenvalue weighted by molar-refractivity contribution is 0.103. The van der Waals surface area contributed by atoms with E-state index < -0.39 is 0 Å². The molecule has 0 fully saturated rings. The summed E-state index contributed by atoms with van der Waals surface area (Å²) in [5.41, 5.74) is 3.43. The highest BCUT2D eigenvalue weighted by molar-refractivity contribution is 9.10. The van der Waals surface area contributed by atoms with Crippen LogP contribution >= 0.6 is 31.9 Å². The monoisotopic (exact) mass is 463 g/mol. The number of rotatable bonds is 7. The van der Waals surface area contributed by atoms with Gasteiger partial charge in [0.1, 0.15) is 5.75 Å². The van der Waals surface area contributed by atoms with Gasteiger partial charge in [-0.25, -0.2) is 0 Å². The summed E-state index contributed by atoms with van der Waals surface area (Å²) in [5, 5.41) is 0.916. The lowest BCUT2D eigenvalue weighted by Crippen LogP contribution is -2.08. The zero-order valence-corrected chi connectivity index (χ0v) is 17.1. The van der Waals surface area contributed by atoms with Crippen molar-refractivity contribution in [3.05, 3.63) is 70.0 Å². The minimum atomic E-state index is 0.0239. The molecule has 0 spiro atoms. The van der Waals surface area contributed by atoms with Gasteiger partial charge in [0.2, 0.25) is 5.78 Å². The van der Waals surface area contributed by atoms with Gasteiger partial charge in [0.25, 0.3) is 0 Å². The largest absolute Gasteiger partial charge is 0.494 e. The number of nitrogens with zero attached hydrogens (tertiary/aromatic N) is 1. The van der Waals surface area contributed by atoms with Gasteiger partial charge >= 0.3 is 0 Å². The molecule has 3 nitrogen and oxygen atoms in total. The van der Waals surface area contributed by atoms with E-state index in [1.54, 1.807) is 0 Å². The van der Waals surface area contributed by atoms with Crippen LogP contribution in [0.5, 0.6) is 5.75 Å². The number of carbonyl (C=O) groups excluding carboxylic acids is 1. The summed E-state index contributed by atoms with van der Waals surface area (Å²) < 4.78 is 8.61. The number of ketones is 1. The SMILES string of the molecule is CCc1c(Br)c2ccccn2c1C(=O)c1ccc(OCCCBr)cc1. The van der Waals surface area contributed by atoms with Crippen LogP contribution in [0.1, 0.15) is 35.0 Å². The summed E-state index contributed by atoms with van der Waals surface area (Å²) in [4.78, 5) is 13.1. The quantitative estimate of drug-likeness (QED) is 0.256. The van der Waals surface area contributed by atoms with E-state index in [4.69, 9.17) is 4.74 Å². The summed E-state index contributed by atoms with van der Waals surface area (Å²) in [7, 11) is 0. The third-order valence-electron chi connectivity index (χ3n) is 4.11. The first-order valence-electron chi connectivity index (χ1n) is 8.28. The summed E-state index contributed by atoms with van der Waals surface area (Å²) in [6.07, 6.45) is 3.67. The van der Waals surface area contributed by atoms with Crippen LogP contribution in [0.25, 0.3) is 5.52 Å². The molecule has 2 heterocycles. The third-order valence-corrected chi connectivity index (χ3v) is 5.55. The second kappa shape index (κ2) is 8.19. The maximum atomic E-state index is 13.1. The Labute approximate surface area is 164 Å². The highest BCUT2D eigenvalue weighted by Crippen LogP contribution is 2.31. The normalized spacial score (nSPS) is 11.0. The molecule has 0 saturated carbocycles. The van der Waals surface area contributed by atoms with Gasteiger partial charge < -0.3 is 9.14 Å². The van der Waals surface area contributed by atoms with Crippen molar-refractivity contribution in [2.24, 2.45) is 0 Å². The number of benzene rings is 1. The molecule has 0 radical (unpaired) electrons. The van der Waals surface area contributed by atoms with E-state index in [-0.39, 0.29) is 5.78 Å². The molecule has 0 amide bonds. The van der Waals surface area contributed by atoms with Crippen LogP contribution < -0.4 is 4.74 Å². The maximum Gasteiger partial charge on any atom is 0.210 e. The molecule has 3 aromatic rings. The minimum absolute atomic E-state index is 0.0239. The molecule has 5 heteroatoms. The van der Waals surface area contributed by atoms with Gasteiger partial charge in [0, 0.05) is 21.6 Å². The number of halogens is 2. The van der Waals surface area contributed by atoms with E-state index in [0.29, 0.717) is 12.2 Å². The summed E-state index contributed by atoms with van der Waals surface area (Å²) in [5.74, 6) is 0.810. The second-order valence-electron chi connectivity index (χ2n) is 5.70. The third kappa shape index (κ3) is 3.67. The van der Waals surface area contributed by atoms with Crippen molar-refractivity contribution in [1.29, 1.82) is 0 Å². The highest BCUT2D eigenvalue weighted by Gasteiger charge is 2.21. The average molecular weight is 465 g/mol. The summed E-state index contributed by atoms with van der Waals surface area (Å²) >= 11 is 7.04. The minimum Gasteiger partial charge on any atom is -0.494 e. The number of aromatic nitrogens is 1. The highest BCUT2D eigenvalue weighted by atomic mass is 79.9. The van der Waals surface area contributed by atoms with E-state index in [1.165, 1.54) is 0 Å². The van der Waals surface area contributed by atoms with Crippen molar-refractivity contribution >= 4 is 43.2 Å². The van der Waals surface area contributed by atoms with Crippen LogP contribution in [0.2, 0.25) is 0 Å². The number of hydrogen-bond donors (Lipinski definition) is 0. The molecule has 0 N–H and O–H groups in total. The predicted octanol–water partition coefficient (Wildman–Crippen LogP) is 5.66. The van der Waals surface area contributed by atoms with E-state index in [0.717, 1.165) is 45.2 Å². The molecule has 0 atom stereocenters. The van der Waals surface area contributed by atoms with Gasteiger partial charge in [0.15, 0.2) is 0 Å². The fourth-order valence-electron chi connectivity index (χ4n) is 2.87. The number of hydrogen-bond acceptors (Lipinski definition) is 2. The Morgan fingerprint density at radius 1 is 1.16 bits per heavy atom. The fraction of sp³-hybridized carbons (Fsp3) is 0.250. The Bertz CT molecular complexity index is 885. The van der Waals surface area contributed by atoms with E-state index in [9.17, 15) is 4.79 Å². The zero-order chi connectivity index (χ0) is 17.8. The first-order chi connectivity index (χ1) is 12.2. The molecule has 0 aliphatic rings. The van der Waals surface area contributed by atoms with Gasteiger partial charge in [0.05, 0.1) is 17.8 Å². The van der Waals surface area contributed by atoms with Gasteiger partial charge in [-0.15, -0.1) is 0 Å². The van der Waals surface area contributed by atoms with Crippen molar-refractivity contribution in [1.82, 2.24) is 4.40 Å².